The fourth-order valence-corrected chi connectivity index (χ4v) is 2.28. The van der Waals surface area contributed by atoms with Crippen LogP contribution in [0.15, 0.2) is 54.6 Å². The number of nitrogens with zero attached hydrogens (tertiary/aromatic N) is 1. The highest BCUT2D eigenvalue weighted by atomic mass is 19.4. The maximum Gasteiger partial charge on any atom is 0.406 e. The Morgan fingerprint density at radius 3 is 2.23 bits per heavy atom. The highest BCUT2D eigenvalue weighted by Crippen LogP contribution is 2.20. The first-order valence-corrected chi connectivity index (χ1v) is 7.66. The van der Waals surface area contributed by atoms with Crippen LogP contribution in [0.25, 0.3) is 0 Å². The summed E-state index contributed by atoms with van der Waals surface area (Å²) in [6, 6.07) is 14.3. The minimum Gasteiger partial charge on any atom is -0.483 e. The lowest BCUT2D eigenvalue weighted by molar-refractivity contribution is -0.163. The zero-order valence-electron chi connectivity index (χ0n) is 13.7. The van der Waals surface area contributed by atoms with Gasteiger partial charge in [-0.15, -0.1) is 0 Å². The largest absolute Gasteiger partial charge is 0.483 e. The zero-order valence-corrected chi connectivity index (χ0v) is 13.7. The van der Waals surface area contributed by atoms with Crippen LogP contribution in [0.5, 0.6) is 5.75 Å². The number of para-hydroxylation sites is 1. The molecule has 0 aromatic heterocycles. The lowest BCUT2D eigenvalue weighted by Gasteiger charge is -2.24. The van der Waals surface area contributed by atoms with E-state index in [4.69, 9.17) is 10.5 Å². The Labute approximate surface area is 148 Å². The number of hydrogen-bond acceptors (Lipinski definition) is 3. The van der Waals surface area contributed by atoms with E-state index in [2.05, 4.69) is 0 Å². The van der Waals surface area contributed by atoms with Gasteiger partial charge in [-0.3, -0.25) is 9.59 Å². The third kappa shape index (κ3) is 5.80. The van der Waals surface area contributed by atoms with Gasteiger partial charge >= 0.3 is 6.18 Å². The van der Waals surface area contributed by atoms with Gasteiger partial charge < -0.3 is 15.4 Å². The molecule has 0 bridgehead atoms. The first kappa shape index (κ1) is 19.3. The van der Waals surface area contributed by atoms with Gasteiger partial charge in [0.05, 0.1) is 5.56 Å². The Balaban J connectivity index is 2.10. The van der Waals surface area contributed by atoms with Crippen molar-refractivity contribution in [1.29, 1.82) is 0 Å². The van der Waals surface area contributed by atoms with Crippen molar-refractivity contribution < 1.29 is 27.5 Å². The van der Waals surface area contributed by atoms with Gasteiger partial charge in [-0.25, -0.2) is 0 Å². The molecule has 0 aliphatic carbocycles. The Kier molecular flexibility index (Phi) is 6.21. The summed E-state index contributed by atoms with van der Waals surface area (Å²) >= 11 is 0. The number of primary amides is 1. The molecule has 0 atom stereocenters. The molecule has 0 heterocycles. The SMILES string of the molecule is NC(=O)c1ccccc1OCC(=O)N(Cc1ccccc1)CC(F)(F)F. The first-order chi connectivity index (χ1) is 12.3. The molecule has 2 N–H and O–H groups in total. The minimum atomic E-state index is -4.55. The van der Waals surface area contributed by atoms with Gasteiger partial charge in [-0.1, -0.05) is 42.5 Å². The standard InChI is InChI=1S/C18H17F3N2O3/c19-18(20,21)12-23(10-13-6-2-1-3-7-13)16(24)11-26-15-9-5-4-8-14(15)17(22)25/h1-9H,10-12H2,(H2,22,25). The molecule has 8 heteroatoms. The van der Waals surface area contributed by atoms with Crippen LogP contribution >= 0.6 is 0 Å². The van der Waals surface area contributed by atoms with Crippen LogP contribution in [0.4, 0.5) is 13.2 Å². The number of halogens is 3. The molecule has 2 rings (SSSR count). The zero-order chi connectivity index (χ0) is 19.2. The predicted molar refractivity (Wildman–Crippen MR) is 88.4 cm³/mol. The van der Waals surface area contributed by atoms with Crippen molar-refractivity contribution in [2.45, 2.75) is 12.7 Å². The Morgan fingerprint density at radius 1 is 1.00 bits per heavy atom. The summed E-state index contributed by atoms with van der Waals surface area (Å²) in [4.78, 5) is 24.2. The maximum atomic E-state index is 12.8. The third-order valence-corrected chi connectivity index (χ3v) is 3.44. The van der Waals surface area contributed by atoms with Crippen molar-refractivity contribution in [3.05, 3.63) is 65.7 Å². The number of amides is 2. The molecular formula is C18H17F3N2O3. The lowest BCUT2D eigenvalue weighted by Crippen LogP contribution is -2.41. The summed E-state index contributed by atoms with van der Waals surface area (Å²) in [6.07, 6.45) is -4.55. The minimum absolute atomic E-state index is 0.0417. The van der Waals surface area contributed by atoms with Crippen LogP contribution in [-0.4, -0.2) is 36.0 Å². The molecule has 0 spiro atoms. The number of hydrogen-bond donors (Lipinski definition) is 1. The van der Waals surface area contributed by atoms with E-state index in [1.165, 1.54) is 12.1 Å². The normalized spacial score (nSPS) is 11.0. The average molecular weight is 366 g/mol. The monoisotopic (exact) mass is 366 g/mol. The molecule has 2 aromatic carbocycles. The topological polar surface area (TPSA) is 72.6 Å². The smallest absolute Gasteiger partial charge is 0.406 e. The van der Waals surface area contributed by atoms with Crippen LogP contribution in [0.1, 0.15) is 15.9 Å². The number of nitrogens with two attached hydrogens (primary N) is 1. The molecule has 0 unspecified atom stereocenters. The summed E-state index contributed by atoms with van der Waals surface area (Å²) in [5.74, 6) is -1.57. The van der Waals surface area contributed by atoms with E-state index in [0.717, 1.165) is 0 Å². The molecule has 2 aromatic rings. The first-order valence-electron chi connectivity index (χ1n) is 7.66. The third-order valence-electron chi connectivity index (χ3n) is 3.44. The molecule has 0 aliphatic heterocycles. The summed E-state index contributed by atoms with van der Waals surface area (Å²) in [6.45, 7) is -2.26. The van der Waals surface area contributed by atoms with E-state index in [-0.39, 0.29) is 17.9 Å². The van der Waals surface area contributed by atoms with Crippen molar-refractivity contribution in [3.63, 3.8) is 0 Å². The van der Waals surface area contributed by atoms with Gasteiger partial charge in [0.15, 0.2) is 6.61 Å². The van der Waals surface area contributed by atoms with Gasteiger partial charge in [0.2, 0.25) is 0 Å². The van der Waals surface area contributed by atoms with Crippen molar-refractivity contribution in [2.75, 3.05) is 13.2 Å². The molecule has 2 amide bonds. The second-order valence-corrected chi connectivity index (χ2v) is 5.50. The molecule has 0 saturated carbocycles. The van der Waals surface area contributed by atoms with Crippen LogP contribution in [0.3, 0.4) is 0 Å². The van der Waals surface area contributed by atoms with Gasteiger partial charge in [-0.2, -0.15) is 13.2 Å². The van der Waals surface area contributed by atoms with Crippen molar-refractivity contribution in [1.82, 2.24) is 4.90 Å². The fourth-order valence-electron chi connectivity index (χ4n) is 2.28. The summed E-state index contributed by atoms with van der Waals surface area (Å²) in [5.41, 5.74) is 5.81. The van der Waals surface area contributed by atoms with E-state index < -0.39 is 31.1 Å². The van der Waals surface area contributed by atoms with Crippen LogP contribution < -0.4 is 10.5 Å². The molecule has 0 aliphatic rings. The molecule has 0 saturated heterocycles. The van der Waals surface area contributed by atoms with Crippen molar-refractivity contribution in [2.24, 2.45) is 5.73 Å². The molecule has 0 radical (unpaired) electrons. The quantitative estimate of drug-likeness (QED) is 0.819. The van der Waals surface area contributed by atoms with Crippen LogP contribution in [0.2, 0.25) is 0 Å². The van der Waals surface area contributed by atoms with Crippen LogP contribution in [0, 0.1) is 0 Å². The van der Waals surface area contributed by atoms with E-state index in [1.807, 2.05) is 0 Å². The molecular weight excluding hydrogens is 349 g/mol. The number of carbonyl (C=O) groups is 2. The molecule has 5 nitrogen and oxygen atoms in total. The highest BCUT2D eigenvalue weighted by molar-refractivity contribution is 5.95. The number of ether oxygens (including phenoxy) is 1. The number of benzene rings is 2. The average Bonchev–Trinajstić information content (AvgIpc) is 2.59. The lowest BCUT2D eigenvalue weighted by atomic mass is 10.2. The second kappa shape index (κ2) is 8.37. The van der Waals surface area contributed by atoms with Gasteiger partial charge in [-0.05, 0) is 17.7 Å². The van der Waals surface area contributed by atoms with Gasteiger partial charge in [0.25, 0.3) is 11.8 Å². The van der Waals surface area contributed by atoms with Crippen molar-refractivity contribution in [3.8, 4) is 5.75 Å². The summed E-state index contributed by atoms with van der Waals surface area (Å²) in [5, 5.41) is 0. The maximum absolute atomic E-state index is 12.8. The highest BCUT2D eigenvalue weighted by Gasteiger charge is 2.33. The van der Waals surface area contributed by atoms with E-state index in [0.29, 0.717) is 10.5 Å². The molecule has 0 fully saturated rings. The van der Waals surface area contributed by atoms with E-state index in [1.54, 1.807) is 42.5 Å². The Bertz CT molecular complexity index is 764. The second-order valence-electron chi connectivity index (χ2n) is 5.50. The summed E-state index contributed by atoms with van der Waals surface area (Å²) in [7, 11) is 0. The molecule has 26 heavy (non-hydrogen) atoms. The van der Waals surface area contributed by atoms with Gasteiger partial charge in [0, 0.05) is 6.54 Å². The Morgan fingerprint density at radius 2 is 1.62 bits per heavy atom. The van der Waals surface area contributed by atoms with E-state index in [9.17, 15) is 22.8 Å². The summed E-state index contributed by atoms with van der Waals surface area (Å²) < 4.78 is 43.7. The van der Waals surface area contributed by atoms with E-state index >= 15 is 0 Å². The predicted octanol–water partition coefficient (Wildman–Crippen LogP) is 2.76. The number of alkyl halides is 3. The fraction of sp³-hybridized carbons (Fsp3) is 0.222. The Hall–Kier alpha value is -3.03. The number of carbonyl (C=O) groups excluding carboxylic acids is 2. The van der Waals surface area contributed by atoms with Crippen LogP contribution in [-0.2, 0) is 11.3 Å². The molecule has 138 valence electrons. The van der Waals surface area contributed by atoms with Crippen molar-refractivity contribution >= 4 is 11.8 Å². The van der Waals surface area contributed by atoms with Gasteiger partial charge in [0.1, 0.15) is 12.3 Å². The number of rotatable bonds is 7.